The fourth-order valence-corrected chi connectivity index (χ4v) is 4.50. The largest absolute Gasteiger partial charge is 0.496 e. The van der Waals surface area contributed by atoms with E-state index in [1.54, 1.807) is 24.9 Å². The zero-order valence-corrected chi connectivity index (χ0v) is 17.8. The minimum absolute atomic E-state index is 0.0559. The number of ether oxygens (including phenoxy) is 2. The number of benzene rings is 1. The van der Waals surface area contributed by atoms with E-state index in [4.69, 9.17) is 9.47 Å². The predicted molar refractivity (Wildman–Crippen MR) is 117 cm³/mol. The summed E-state index contributed by atoms with van der Waals surface area (Å²) in [6.45, 7) is 1.07. The van der Waals surface area contributed by atoms with Crippen molar-refractivity contribution in [2.75, 3.05) is 34.4 Å². The Bertz CT molecular complexity index is 1340. The van der Waals surface area contributed by atoms with E-state index in [1.807, 2.05) is 54.8 Å². The minimum Gasteiger partial charge on any atom is -0.496 e. The first-order chi connectivity index (χ1) is 14.4. The molecule has 0 amide bonds. The first-order valence-corrected chi connectivity index (χ1v) is 9.91. The lowest BCUT2D eigenvalue weighted by molar-refractivity contribution is 0.217. The number of rotatable bonds is 4. The molecule has 4 heterocycles. The maximum atomic E-state index is 13.2. The van der Waals surface area contributed by atoms with Crippen molar-refractivity contribution in [3.05, 3.63) is 41.2 Å². The van der Waals surface area contributed by atoms with Crippen molar-refractivity contribution in [1.29, 1.82) is 0 Å². The van der Waals surface area contributed by atoms with Gasteiger partial charge in [0.2, 0.25) is 0 Å². The standard InChI is InChI=1S/C22H25N5O3/c1-24(2)11-14-12-30-21-18(13-6-7-25(3)10-13)17(29-5)8-15-19(21)20-16(9-23-15)26(4)22(28)27(14)20/h6-10,14H,11-12H2,1-5H3. The Morgan fingerprint density at radius 2 is 2.13 bits per heavy atom. The molecule has 3 aromatic heterocycles. The number of pyridine rings is 1. The van der Waals surface area contributed by atoms with Crippen LogP contribution >= 0.6 is 0 Å². The van der Waals surface area contributed by atoms with Gasteiger partial charge in [-0.05, 0) is 20.2 Å². The third-order valence-electron chi connectivity index (χ3n) is 5.83. The lowest BCUT2D eigenvalue weighted by Crippen LogP contribution is -2.35. The summed E-state index contributed by atoms with van der Waals surface area (Å²) in [5.41, 5.74) is 4.24. The van der Waals surface area contributed by atoms with E-state index in [-0.39, 0.29) is 11.7 Å². The number of methoxy groups -OCH3 is 1. The Kier molecular flexibility index (Phi) is 4.14. The monoisotopic (exact) mass is 407 g/mol. The fourth-order valence-electron chi connectivity index (χ4n) is 4.50. The van der Waals surface area contributed by atoms with E-state index in [2.05, 4.69) is 9.88 Å². The molecule has 1 aliphatic heterocycles. The molecule has 1 aromatic carbocycles. The van der Waals surface area contributed by atoms with Gasteiger partial charge < -0.3 is 18.9 Å². The van der Waals surface area contributed by atoms with Gasteiger partial charge in [0.15, 0.2) is 0 Å². The SMILES string of the molecule is COc1cc2ncc3c4c2c(c1-c1ccn(C)c1)OCC(CN(C)C)n4c(=O)n3C. The van der Waals surface area contributed by atoms with E-state index < -0.39 is 0 Å². The normalized spacial score (nSPS) is 15.9. The van der Waals surface area contributed by atoms with Crippen LogP contribution in [0.15, 0.2) is 35.5 Å². The van der Waals surface area contributed by atoms with Crippen LogP contribution in [0.3, 0.4) is 0 Å². The number of nitrogens with zero attached hydrogens (tertiary/aromatic N) is 5. The zero-order chi connectivity index (χ0) is 21.2. The highest BCUT2D eigenvalue weighted by molar-refractivity contribution is 6.10. The fraction of sp³-hybridized carbons (Fsp3) is 0.364. The van der Waals surface area contributed by atoms with Crippen LogP contribution in [0, 0.1) is 0 Å². The second kappa shape index (κ2) is 6.63. The molecule has 8 nitrogen and oxygen atoms in total. The molecule has 0 bridgehead atoms. The first-order valence-electron chi connectivity index (χ1n) is 9.91. The molecule has 5 rings (SSSR count). The smallest absolute Gasteiger partial charge is 0.329 e. The van der Waals surface area contributed by atoms with Gasteiger partial charge in [-0.15, -0.1) is 0 Å². The van der Waals surface area contributed by atoms with Gasteiger partial charge in [-0.3, -0.25) is 14.1 Å². The highest BCUT2D eigenvalue weighted by Crippen LogP contribution is 2.47. The summed E-state index contributed by atoms with van der Waals surface area (Å²) < 4.78 is 17.7. The van der Waals surface area contributed by atoms with E-state index >= 15 is 0 Å². The number of imidazole rings is 1. The average Bonchev–Trinajstić information content (AvgIpc) is 3.19. The van der Waals surface area contributed by atoms with E-state index in [0.29, 0.717) is 24.7 Å². The number of hydrogen-bond donors (Lipinski definition) is 0. The highest BCUT2D eigenvalue weighted by Gasteiger charge is 2.30. The summed E-state index contributed by atoms with van der Waals surface area (Å²) in [5, 5.41) is 0.853. The quantitative estimate of drug-likeness (QED) is 0.520. The van der Waals surface area contributed by atoms with Gasteiger partial charge in [-0.1, -0.05) is 0 Å². The Labute approximate surface area is 173 Å². The molecule has 1 atom stereocenters. The van der Waals surface area contributed by atoms with E-state index in [9.17, 15) is 4.79 Å². The molecule has 0 saturated heterocycles. The second-order valence-electron chi connectivity index (χ2n) is 8.17. The molecule has 156 valence electrons. The Morgan fingerprint density at radius 1 is 1.33 bits per heavy atom. The van der Waals surface area contributed by atoms with Gasteiger partial charge in [0.05, 0.1) is 46.8 Å². The summed E-state index contributed by atoms with van der Waals surface area (Å²) in [6, 6.07) is 3.85. The van der Waals surface area contributed by atoms with Gasteiger partial charge in [0.25, 0.3) is 0 Å². The summed E-state index contributed by atoms with van der Waals surface area (Å²) in [4.78, 5) is 19.9. The summed E-state index contributed by atoms with van der Waals surface area (Å²) in [5.74, 6) is 1.42. The van der Waals surface area contributed by atoms with Crippen molar-refractivity contribution in [3.8, 4) is 22.6 Å². The topological polar surface area (TPSA) is 66.5 Å². The van der Waals surface area contributed by atoms with E-state index in [1.165, 1.54) is 0 Å². The molecular weight excluding hydrogens is 382 g/mol. The second-order valence-corrected chi connectivity index (χ2v) is 8.17. The average molecular weight is 407 g/mol. The number of aromatic nitrogens is 4. The lowest BCUT2D eigenvalue weighted by atomic mass is 10.0. The van der Waals surface area contributed by atoms with Gasteiger partial charge in [-0.25, -0.2) is 4.79 Å². The van der Waals surface area contributed by atoms with Crippen molar-refractivity contribution < 1.29 is 9.47 Å². The summed E-state index contributed by atoms with van der Waals surface area (Å²) >= 11 is 0. The van der Waals surface area contributed by atoms with Gasteiger partial charge in [0, 0.05) is 44.7 Å². The van der Waals surface area contributed by atoms with Crippen molar-refractivity contribution in [1.82, 2.24) is 23.6 Å². The number of aryl methyl sites for hydroxylation is 2. The molecule has 1 unspecified atom stereocenters. The van der Waals surface area contributed by atoms with Crippen molar-refractivity contribution >= 4 is 21.9 Å². The van der Waals surface area contributed by atoms with Crippen LogP contribution in [0.25, 0.3) is 33.1 Å². The van der Waals surface area contributed by atoms with Crippen LogP contribution in [0.2, 0.25) is 0 Å². The van der Waals surface area contributed by atoms with Crippen LogP contribution in [-0.2, 0) is 14.1 Å². The van der Waals surface area contributed by atoms with Crippen molar-refractivity contribution in [3.63, 3.8) is 0 Å². The van der Waals surface area contributed by atoms with Gasteiger partial charge in [0.1, 0.15) is 18.1 Å². The third-order valence-corrected chi connectivity index (χ3v) is 5.83. The Balaban J connectivity index is 1.94. The molecule has 30 heavy (non-hydrogen) atoms. The molecule has 0 aliphatic carbocycles. The molecule has 0 saturated carbocycles. The predicted octanol–water partition coefficient (Wildman–Crippen LogP) is 2.40. The number of likely N-dealkylation sites (N-methyl/N-ethyl adjacent to an activating group) is 1. The third kappa shape index (κ3) is 2.56. The Morgan fingerprint density at radius 3 is 2.80 bits per heavy atom. The maximum absolute atomic E-state index is 13.2. The molecular formula is C22H25N5O3. The molecule has 8 heteroatoms. The minimum atomic E-state index is -0.121. The lowest BCUT2D eigenvalue weighted by Gasteiger charge is -2.21. The maximum Gasteiger partial charge on any atom is 0.329 e. The van der Waals surface area contributed by atoms with Gasteiger partial charge in [-0.2, -0.15) is 0 Å². The molecule has 1 aliphatic rings. The zero-order valence-electron chi connectivity index (χ0n) is 17.8. The molecule has 0 fully saturated rings. The highest BCUT2D eigenvalue weighted by atomic mass is 16.5. The molecule has 4 aromatic rings. The Hall–Kier alpha value is -3.26. The molecule has 0 spiro atoms. The van der Waals surface area contributed by atoms with Crippen LogP contribution < -0.4 is 15.2 Å². The van der Waals surface area contributed by atoms with Crippen LogP contribution in [0.1, 0.15) is 6.04 Å². The van der Waals surface area contributed by atoms with Crippen LogP contribution in [0.4, 0.5) is 0 Å². The van der Waals surface area contributed by atoms with Gasteiger partial charge >= 0.3 is 5.69 Å². The first kappa shape index (κ1) is 18.7. The molecule has 0 radical (unpaired) electrons. The van der Waals surface area contributed by atoms with Crippen molar-refractivity contribution in [2.45, 2.75) is 6.04 Å². The summed E-state index contributed by atoms with van der Waals surface area (Å²) in [7, 11) is 9.44. The van der Waals surface area contributed by atoms with Crippen LogP contribution in [0.5, 0.6) is 11.5 Å². The molecule has 0 N–H and O–H groups in total. The van der Waals surface area contributed by atoms with Crippen molar-refractivity contribution in [2.24, 2.45) is 14.1 Å². The van der Waals surface area contributed by atoms with E-state index in [0.717, 1.165) is 33.1 Å². The van der Waals surface area contributed by atoms with Crippen LogP contribution in [-0.4, -0.2) is 57.9 Å². The summed E-state index contributed by atoms with van der Waals surface area (Å²) in [6.07, 6.45) is 5.80. The number of hydrogen-bond acceptors (Lipinski definition) is 5.